The van der Waals surface area contributed by atoms with Crippen molar-refractivity contribution in [1.82, 2.24) is 19.6 Å². The number of benzene rings is 1. The molecule has 1 aromatic carbocycles. The molecule has 0 unspecified atom stereocenters. The van der Waals surface area contributed by atoms with Gasteiger partial charge in [-0.15, -0.1) is 5.10 Å². The lowest BCUT2D eigenvalue weighted by Gasteiger charge is -2.31. The second-order valence-corrected chi connectivity index (χ2v) is 8.25. The molecule has 7 heteroatoms. The number of aryl methyl sites for hydroxylation is 2. The van der Waals surface area contributed by atoms with E-state index in [0.29, 0.717) is 17.9 Å². The van der Waals surface area contributed by atoms with Crippen LogP contribution >= 0.6 is 0 Å². The largest absolute Gasteiger partial charge is 0.496 e. The minimum Gasteiger partial charge on any atom is -0.496 e. The van der Waals surface area contributed by atoms with Crippen molar-refractivity contribution in [3.63, 3.8) is 0 Å². The van der Waals surface area contributed by atoms with Crippen LogP contribution in [0.4, 0.5) is 5.82 Å². The monoisotopic (exact) mass is 427 g/mol. The van der Waals surface area contributed by atoms with Crippen LogP contribution in [0.5, 0.6) is 5.75 Å². The first kappa shape index (κ1) is 20.2. The van der Waals surface area contributed by atoms with Crippen molar-refractivity contribution in [3.8, 4) is 16.9 Å². The number of nitrogens with zero attached hydrogens (tertiary/aromatic N) is 5. The van der Waals surface area contributed by atoms with Gasteiger partial charge in [0.25, 0.3) is 5.56 Å². The fraction of sp³-hybridized carbons (Fsp3) is 0.280. The smallest absolute Gasteiger partial charge is 0.274 e. The predicted molar refractivity (Wildman–Crippen MR) is 124 cm³/mol. The lowest BCUT2D eigenvalue weighted by Crippen LogP contribution is -2.34. The number of fused-ring (bicyclic) bond motifs is 2. The van der Waals surface area contributed by atoms with Crippen LogP contribution in [0.15, 0.2) is 47.4 Å². The zero-order chi connectivity index (χ0) is 22.4. The molecule has 0 radical (unpaired) electrons. The summed E-state index contributed by atoms with van der Waals surface area (Å²) in [7, 11) is 1.68. The average molecular weight is 428 g/mol. The Morgan fingerprint density at radius 1 is 1.06 bits per heavy atom. The number of pyridine rings is 1. The molecule has 0 atom stereocenters. The average Bonchev–Trinajstić information content (AvgIpc) is 2.81. The van der Waals surface area contributed by atoms with Crippen molar-refractivity contribution < 1.29 is 4.74 Å². The zero-order valence-electron chi connectivity index (χ0n) is 18.7. The topological polar surface area (TPSA) is 72.6 Å². The van der Waals surface area contributed by atoms with Gasteiger partial charge in [-0.3, -0.25) is 9.78 Å². The van der Waals surface area contributed by atoms with Gasteiger partial charge in [0.05, 0.1) is 7.11 Å². The highest BCUT2D eigenvalue weighted by Crippen LogP contribution is 2.33. The van der Waals surface area contributed by atoms with Crippen LogP contribution in [0.2, 0.25) is 0 Å². The molecule has 0 amide bonds. The summed E-state index contributed by atoms with van der Waals surface area (Å²) in [6.07, 6.45) is 2.74. The molecule has 0 bridgehead atoms. The number of hydrogen-bond donors (Lipinski definition) is 0. The second kappa shape index (κ2) is 7.75. The molecule has 3 aromatic heterocycles. The van der Waals surface area contributed by atoms with Gasteiger partial charge in [-0.2, -0.15) is 4.52 Å². The molecule has 162 valence electrons. The van der Waals surface area contributed by atoms with Crippen LogP contribution in [-0.2, 0) is 13.0 Å². The van der Waals surface area contributed by atoms with Gasteiger partial charge in [-0.05, 0) is 38.5 Å². The maximum Gasteiger partial charge on any atom is 0.274 e. The van der Waals surface area contributed by atoms with E-state index in [9.17, 15) is 4.79 Å². The Hall–Kier alpha value is -3.74. The van der Waals surface area contributed by atoms with Gasteiger partial charge in [0, 0.05) is 65.4 Å². The molecule has 4 aromatic rings. The van der Waals surface area contributed by atoms with Crippen molar-refractivity contribution in [3.05, 3.63) is 81.0 Å². The molecule has 0 fully saturated rings. The summed E-state index contributed by atoms with van der Waals surface area (Å²) < 4.78 is 6.96. The Morgan fingerprint density at radius 2 is 1.88 bits per heavy atom. The van der Waals surface area contributed by atoms with Crippen molar-refractivity contribution in [2.45, 2.75) is 33.7 Å². The lowest BCUT2D eigenvalue weighted by atomic mass is 9.99. The fourth-order valence-corrected chi connectivity index (χ4v) is 4.37. The minimum atomic E-state index is -0.158. The van der Waals surface area contributed by atoms with E-state index in [2.05, 4.69) is 16.0 Å². The van der Waals surface area contributed by atoms with Crippen molar-refractivity contribution >= 4 is 11.5 Å². The first-order chi connectivity index (χ1) is 15.5. The Morgan fingerprint density at radius 3 is 2.69 bits per heavy atom. The molecular weight excluding hydrogens is 402 g/mol. The van der Waals surface area contributed by atoms with Crippen molar-refractivity contribution in [2.24, 2.45) is 0 Å². The summed E-state index contributed by atoms with van der Waals surface area (Å²) in [6.45, 7) is 7.35. The van der Waals surface area contributed by atoms with Gasteiger partial charge in [0.15, 0.2) is 11.5 Å². The van der Waals surface area contributed by atoms with Crippen molar-refractivity contribution in [2.75, 3.05) is 18.6 Å². The number of rotatable bonds is 3. The maximum atomic E-state index is 12.6. The van der Waals surface area contributed by atoms with E-state index in [4.69, 9.17) is 14.8 Å². The molecular formula is C25H25N5O2. The molecule has 0 spiro atoms. The third kappa shape index (κ3) is 3.30. The fourth-order valence-electron chi connectivity index (χ4n) is 4.37. The van der Waals surface area contributed by atoms with Gasteiger partial charge in [0.1, 0.15) is 5.75 Å². The molecule has 5 rings (SSSR count). The molecule has 4 heterocycles. The van der Waals surface area contributed by atoms with Crippen LogP contribution in [-0.4, -0.2) is 33.2 Å². The van der Waals surface area contributed by atoms with E-state index in [0.717, 1.165) is 58.0 Å². The highest BCUT2D eigenvalue weighted by Gasteiger charge is 2.23. The quantitative estimate of drug-likeness (QED) is 0.497. The summed E-state index contributed by atoms with van der Waals surface area (Å²) in [5, 5.41) is 4.71. The van der Waals surface area contributed by atoms with Gasteiger partial charge in [-0.25, -0.2) is 4.98 Å². The summed E-state index contributed by atoms with van der Waals surface area (Å²) >= 11 is 0. The van der Waals surface area contributed by atoms with Gasteiger partial charge < -0.3 is 9.64 Å². The highest BCUT2D eigenvalue weighted by atomic mass is 16.5. The van der Waals surface area contributed by atoms with Crippen LogP contribution in [0, 0.1) is 20.8 Å². The zero-order valence-corrected chi connectivity index (χ0v) is 18.7. The van der Waals surface area contributed by atoms with Gasteiger partial charge in [0.2, 0.25) is 0 Å². The summed E-state index contributed by atoms with van der Waals surface area (Å²) in [5.41, 5.74) is 7.49. The summed E-state index contributed by atoms with van der Waals surface area (Å²) in [4.78, 5) is 24.1. The SMILES string of the molecule is COc1ccccc1-c1cnc2c(c1)CN(c1nn3c(=O)cc(C)nc3c(C)c1C)CC2. The Labute approximate surface area is 186 Å². The van der Waals surface area contributed by atoms with Crippen molar-refractivity contribution in [1.29, 1.82) is 0 Å². The standard InChI is InChI=1S/C25H25N5O2/c1-15-11-23(31)30-24(27-15)16(2)17(3)25(28-30)29-10-9-21-19(14-29)12-18(13-26-21)20-7-5-6-8-22(20)32-4/h5-8,11-13H,9-10,14H2,1-4H3. The number of methoxy groups -OCH3 is 1. The van der Waals surface area contributed by atoms with Gasteiger partial charge >= 0.3 is 0 Å². The predicted octanol–water partition coefficient (Wildman–Crippen LogP) is 3.65. The van der Waals surface area contributed by atoms with Crippen LogP contribution in [0.1, 0.15) is 28.1 Å². The van der Waals surface area contributed by atoms with E-state index >= 15 is 0 Å². The molecule has 0 N–H and O–H groups in total. The first-order valence-electron chi connectivity index (χ1n) is 10.7. The van der Waals surface area contributed by atoms with Crippen LogP contribution in [0.25, 0.3) is 16.8 Å². The third-order valence-electron chi connectivity index (χ3n) is 6.21. The molecule has 1 aliphatic heterocycles. The third-order valence-corrected chi connectivity index (χ3v) is 6.21. The lowest BCUT2D eigenvalue weighted by molar-refractivity contribution is 0.416. The molecule has 0 saturated carbocycles. The molecule has 0 saturated heterocycles. The second-order valence-electron chi connectivity index (χ2n) is 8.25. The molecule has 7 nitrogen and oxygen atoms in total. The highest BCUT2D eigenvalue weighted by molar-refractivity contribution is 5.71. The van der Waals surface area contributed by atoms with Crippen LogP contribution < -0.4 is 15.2 Å². The first-order valence-corrected chi connectivity index (χ1v) is 10.7. The summed E-state index contributed by atoms with van der Waals surface area (Å²) in [5.74, 6) is 1.64. The van der Waals surface area contributed by atoms with Crippen LogP contribution in [0.3, 0.4) is 0 Å². The minimum absolute atomic E-state index is 0.158. The summed E-state index contributed by atoms with van der Waals surface area (Å²) in [6, 6.07) is 11.7. The normalized spacial score (nSPS) is 13.3. The van der Waals surface area contributed by atoms with E-state index in [-0.39, 0.29) is 5.56 Å². The number of hydrogen-bond acceptors (Lipinski definition) is 6. The van der Waals surface area contributed by atoms with E-state index in [1.165, 1.54) is 10.6 Å². The Bertz CT molecular complexity index is 1410. The van der Waals surface area contributed by atoms with E-state index < -0.39 is 0 Å². The Kier molecular flexibility index (Phi) is 4.89. The van der Waals surface area contributed by atoms with Gasteiger partial charge in [-0.1, -0.05) is 18.2 Å². The maximum absolute atomic E-state index is 12.6. The molecule has 1 aliphatic rings. The number of ether oxygens (including phenoxy) is 1. The number of anilines is 1. The van der Waals surface area contributed by atoms with E-state index in [1.807, 2.05) is 51.2 Å². The molecule has 0 aliphatic carbocycles. The molecule has 32 heavy (non-hydrogen) atoms. The Balaban J connectivity index is 1.56. The van der Waals surface area contributed by atoms with E-state index in [1.54, 1.807) is 7.11 Å². The number of aromatic nitrogens is 4. The number of para-hydroxylation sites is 1.